The average Bonchev–Trinajstić information content (AvgIpc) is 3.82. The molecule has 0 radical (unpaired) electrons. The predicted molar refractivity (Wildman–Crippen MR) is 225 cm³/mol. The van der Waals surface area contributed by atoms with Gasteiger partial charge in [-0.25, -0.2) is 15.0 Å². The fourth-order valence-electron chi connectivity index (χ4n) is 7.75. The van der Waals surface area contributed by atoms with Gasteiger partial charge in [-0.15, -0.1) is 11.3 Å². The van der Waals surface area contributed by atoms with Crippen molar-refractivity contribution in [1.82, 2.24) is 15.0 Å². The Kier molecular flexibility index (Phi) is 7.00. The fourth-order valence-corrected chi connectivity index (χ4v) is 8.97. The van der Waals surface area contributed by atoms with Gasteiger partial charge in [-0.1, -0.05) is 146 Å². The maximum absolute atomic E-state index is 6.65. The molecule has 0 spiro atoms. The van der Waals surface area contributed by atoms with Gasteiger partial charge in [0.15, 0.2) is 17.5 Å². The molecule has 11 rings (SSSR count). The van der Waals surface area contributed by atoms with Crippen LogP contribution in [-0.2, 0) is 0 Å². The first-order valence-corrected chi connectivity index (χ1v) is 18.8. The first-order valence-electron chi connectivity index (χ1n) is 18.0. The number of nitrogens with zero attached hydrogens (tertiary/aromatic N) is 3. The van der Waals surface area contributed by atoms with Crippen LogP contribution in [0, 0.1) is 0 Å². The lowest BCUT2D eigenvalue weighted by Crippen LogP contribution is -2.00. The molecule has 0 bridgehead atoms. The van der Waals surface area contributed by atoms with Gasteiger partial charge in [-0.3, -0.25) is 0 Å². The van der Waals surface area contributed by atoms with E-state index in [0.29, 0.717) is 17.5 Å². The van der Waals surface area contributed by atoms with Crippen molar-refractivity contribution in [1.29, 1.82) is 0 Å². The lowest BCUT2D eigenvalue weighted by molar-refractivity contribution is 0.669. The number of furan rings is 1. The van der Waals surface area contributed by atoms with E-state index in [9.17, 15) is 0 Å². The van der Waals surface area contributed by atoms with Gasteiger partial charge in [0.2, 0.25) is 0 Å². The third-order valence-corrected chi connectivity index (χ3v) is 11.6. The summed E-state index contributed by atoms with van der Waals surface area (Å²) in [5, 5.41) is 7.23. The highest BCUT2D eigenvalue weighted by Gasteiger charge is 2.19. The molecule has 0 atom stereocenters. The second-order valence-corrected chi connectivity index (χ2v) is 14.6. The quantitative estimate of drug-likeness (QED) is 0.179. The van der Waals surface area contributed by atoms with Gasteiger partial charge in [0.1, 0.15) is 11.2 Å². The van der Waals surface area contributed by atoms with Crippen LogP contribution in [0.5, 0.6) is 0 Å². The summed E-state index contributed by atoms with van der Waals surface area (Å²) in [6.45, 7) is 0. The van der Waals surface area contributed by atoms with Crippen LogP contribution in [0.3, 0.4) is 0 Å². The minimum atomic E-state index is 0.592. The Morgan fingerprint density at radius 2 is 0.926 bits per heavy atom. The molecule has 8 aromatic carbocycles. The summed E-state index contributed by atoms with van der Waals surface area (Å²) in [5.41, 5.74) is 9.02. The van der Waals surface area contributed by atoms with Gasteiger partial charge < -0.3 is 4.42 Å². The molecule has 54 heavy (non-hydrogen) atoms. The summed E-state index contributed by atoms with van der Waals surface area (Å²) in [4.78, 5) is 15.0. The predicted octanol–water partition coefficient (Wildman–Crippen LogP) is 13.6. The third kappa shape index (κ3) is 5.01. The Labute approximate surface area is 314 Å². The Hall–Kier alpha value is -6.95. The molecule has 11 aromatic rings. The van der Waals surface area contributed by atoms with E-state index in [-0.39, 0.29) is 0 Å². The Morgan fingerprint density at radius 3 is 1.69 bits per heavy atom. The first-order chi connectivity index (χ1) is 26.7. The molecule has 3 heterocycles. The molecular weight excluding hydrogens is 679 g/mol. The summed E-state index contributed by atoms with van der Waals surface area (Å²) in [6, 6.07) is 61.4. The number of hydrogen-bond acceptors (Lipinski definition) is 5. The van der Waals surface area contributed by atoms with Crippen LogP contribution in [-0.4, -0.2) is 15.0 Å². The molecule has 0 aliphatic rings. The molecule has 0 saturated carbocycles. The van der Waals surface area contributed by atoms with E-state index >= 15 is 0 Å². The lowest BCUT2D eigenvalue weighted by atomic mass is 9.92. The average molecular weight is 708 g/mol. The third-order valence-electron chi connectivity index (χ3n) is 10.3. The van der Waals surface area contributed by atoms with Crippen molar-refractivity contribution >= 4 is 64.2 Å². The van der Waals surface area contributed by atoms with Crippen molar-refractivity contribution < 1.29 is 4.42 Å². The maximum atomic E-state index is 6.65. The highest BCUT2D eigenvalue weighted by Crippen LogP contribution is 2.45. The molecule has 3 aromatic heterocycles. The van der Waals surface area contributed by atoms with Gasteiger partial charge in [-0.05, 0) is 58.0 Å². The second-order valence-electron chi connectivity index (χ2n) is 13.6. The first kappa shape index (κ1) is 30.7. The van der Waals surface area contributed by atoms with E-state index in [1.54, 1.807) is 0 Å². The van der Waals surface area contributed by atoms with Crippen LogP contribution in [0.25, 0.3) is 109 Å². The summed E-state index contributed by atoms with van der Waals surface area (Å²) in [7, 11) is 0. The molecular formula is C49H29N3OS. The maximum Gasteiger partial charge on any atom is 0.164 e. The second kappa shape index (κ2) is 12.3. The molecule has 4 nitrogen and oxygen atoms in total. The van der Waals surface area contributed by atoms with E-state index < -0.39 is 0 Å². The molecule has 0 saturated heterocycles. The van der Waals surface area contributed by atoms with Crippen molar-refractivity contribution in [2.24, 2.45) is 0 Å². The van der Waals surface area contributed by atoms with Crippen molar-refractivity contribution in [3.05, 3.63) is 176 Å². The van der Waals surface area contributed by atoms with Gasteiger partial charge in [0.25, 0.3) is 0 Å². The van der Waals surface area contributed by atoms with Crippen LogP contribution >= 0.6 is 11.3 Å². The normalized spacial score (nSPS) is 11.7. The number of aromatic nitrogens is 3. The standard InChI is InChI=1S/C49H29N3OS/c1-3-12-30(13-4-1)31-22-24-33(25-23-31)48-50-47(32-14-5-2-6-15-32)51-49(52-48)34-26-27-39-43(28-34)53-42-20-11-19-37(45(39)42)40-29-41-36-17-9-10-21-44(36)54-46(41)38-18-8-7-16-35(38)40/h1-29H. The molecule has 0 amide bonds. The molecule has 0 fully saturated rings. The van der Waals surface area contributed by atoms with E-state index in [2.05, 4.69) is 140 Å². The minimum absolute atomic E-state index is 0.592. The Bertz CT molecular complexity index is 3200. The van der Waals surface area contributed by atoms with Crippen LogP contribution in [0.1, 0.15) is 0 Å². The minimum Gasteiger partial charge on any atom is -0.456 e. The van der Waals surface area contributed by atoms with Crippen LogP contribution in [0.2, 0.25) is 0 Å². The molecule has 0 aliphatic heterocycles. The van der Waals surface area contributed by atoms with E-state index in [1.807, 2.05) is 47.7 Å². The van der Waals surface area contributed by atoms with Crippen molar-refractivity contribution in [2.45, 2.75) is 0 Å². The summed E-state index contributed by atoms with van der Waals surface area (Å²) in [5.74, 6) is 1.83. The lowest BCUT2D eigenvalue weighted by Gasteiger charge is -2.10. The number of rotatable bonds is 5. The SMILES string of the molecule is c1ccc(-c2ccc(-c3nc(-c4ccccc4)nc(-c4ccc5c(c4)oc4cccc(-c6cc7c8ccccc8sc7c7ccccc67)c45)n3)cc2)cc1. The Morgan fingerprint density at radius 1 is 0.352 bits per heavy atom. The van der Waals surface area contributed by atoms with Crippen molar-refractivity contribution in [3.63, 3.8) is 0 Å². The summed E-state index contributed by atoms with van der Waals surface area (Å²) >= 11 is 1.87. The molecule has 0 unspecified atom stereocenters. The van der Waals surface area contributed by atoms with Crippen LogP contribution < -0.4 is 0 Å². The molecule has 252 valence electrons. The van der Waals surface area contributed by atoms with Crippen LogP contribution in [0.4, 0.5) is 0 Å². The van der Waals surface area contributed by atoms with Gasteiger partial charge in [-0.2, -0.15) is 0 Å². The van der Waals surface area contributed by atoms with Gasteiger partial charge in [0, 0.05) is 53.0 Å². The number of fused-ring (bicyclic) bond motifs is 8. The number of hydrogen-bond donors (Lipinski definition) is 0. The van der Waals surface area contributed by atoms with Gasteiger partial charge >= 0.3 is 0 Å². The zero-order chi connectivity index (χ0) is 35.6. The van der Waals surface area contributed by atoms with Crippen LogP contribution in [0.15, 0.2) is 180 Å². The molecule has 0 N–H and O–H groups in total. The fraction of sp³-hybridized carbons (Fsp3) is 0. The molecule has 0 aliphatic carbocycles. The summed E-state index contributed by atoms with van der Waals surface area (Å²) in [6.07, 6.45) is 0. The van der Waals surface area contributed by atoms with E-state index in [0.717, 1.165) is 49.8 Å². The number of benzene rings is 8. The Balaban J connectivity index is 1.07. The van der Waals surface area contributed by atoms with E-state index in [4.69, 9.17) is 19.4 Å². The number of thiophene rings is 1. The monoisotopic (exact) mass is 707 g/mol. The van der Waals surface area contributed by atoms with E-state index in [1.165, 1.54) is 42.1 Å². The van der Waals surface area contributed by atoms with Crippen molar-refractivity contribution in [3.8, 4) is 56.4 Å². The highest BCUT2D eigenvalue weighted by molar-refractivity contribution is 7.26. The zero-order valence-corrected chi connectivity index (χ0v) is 29.7. The van der Waals surface area contributed by atoms with Crippen molar-refractivity contribution in [2.75, 3.05) is 0 Å². The summed E-state index contributed by atoms with van der Waals surface area (Å²) < 4.78 is 9.27. The topological polar surface area (TPSA) is 51.8 Å². The smallest absolute Gasteiger partial charge is 0.164 e. The largest absolute Gasteiger partial charge is 0.456 e. The zero-order valence-electron chi connectivity index (χ0n) is 28.9. The molecule has 5 heteroatoms. The van der Waals surface area contributed by atoms with Gasteiger partial charge in [0.05, 0.1) is 0 Å². The highest BCUT2D eigenvalue weighted by atomic mass is 32.1.